The number of rotatable bonds is 6. The molecule has 0 aliphatic rings. The fourth-order valence-electron chi connectivity index (χ4n) is 2.84. The molecule has 1 atom stereocenters. The number of benzene rings is 2. The molecular formula is C18H17ClN2O3S2. The summed E-state index contributed by atoms with van der Waals surface area (Å²) in [7, 11) is -1.25. The molecule has 26 heavy (non-hydrogen) atoms. The third kappa shape index (κ3) is 3.90. The van der Waals surface area contributed by atoms with Crippen molar-refractivity contribution in [2.45, 2.75) is 23.3 Å². The Bertz CT molecular complexity index is 1020. The minimum absolute atomic E-state index is 0.142. The molecule has 0 saturated heterocycles. The standard InChI is InChI=1S/C18H17ClN2O3S2/c1-11-18(25-13-6-3-5-12(19)9-13)17-14(20-26(2)24)7-4-8-15(17)21(11)10-16(22)23/h3-9,20H,10H2,1-2H3,(H,22,23). The molecule has 0 aliphatic heterocycles. The molecule has 0 radical (unpaired) electrons. The summed E-state index contributed by atoms with van der Waals surface area (Å²) in [5.41, 5.74) is 2.33. The summed E-state index contributed by atoms with van der Waals surface area (Å²) >= 11 is 7.60. The zero-order valence-corrected chi connectivity index (χ0v) is 16.5. The van der Waals surface area contributed by atoms with Crippen LogP contribution in [0, 0.1) is 6.92 Å². The summed E-state index contributed by atoms with van der Waals surface area (Å²) in [6.07, 6.45) is 1.56. The van der Waals surface area contributed by atoms with Gasteiger partial charge in [0.05, 0.1) is 11.2 Å². The highest BCUT2D eigenvalue weighted by atomic mass is 35.5. The molecule has 0 saturated carbocycles. The molecule has 1 heterocycles. The predicted octanol–water partition coefficient (Wildman–Crippen LogP) is 4.54. The van der Waals surface area contributed by atoms with Gasteiger partial charge >= 0.3 is 5.97 Å². The normalized spacial score (nSPS) is 12.3. The molecule has 0 aliphatic carbocycles. The number of aromatic nitrogens is 1. The van der Waals surface area contributed by atoms with Crippen molar-refractivity contribution in [3.05, 3.63) is 53.2 Å². The van der Waals surface area contributed by atoms with E-state index >= 15 is 0 Å². The molecule has 2 aromatic carbocycles. The van der Waals surface area contributed by atoms with Crippen LogP contribution in [0.3, 0.4) is 0 Å². The van der Waals surface area contributed by atoms with Crippen LogP contribution in [0.4, 0.5) is 5.69 Å². The second-order valence-electron chi connectivity index (χ2n) is 5.71. The third-order valence-electron chi connectivity index (χ3n) is 3.86. The van der Waals surface area contributed by atoms with Crippen LogP contribution in [0.15, 0.2) is 52.3 Å². The molecular weight excluding hydrogens is 392 g/mol. The minimum Gasteiger partial charge on any atom is -0.480 e. The van der Waals surface area contributed by atoms with Crippen molar-refractivity contribution in [2.75, 3.05) is 11.0 Å². The van der Waals surface area contributed by atoms with Gasteiger partial charge in [-0.25, -0.2) is 4.21 Å². The number of hydrogen-bond donors (Lipinski definition) is 2. The number of carboxylic acids is 1. The molecule has 1 unspecified atom stereocenters. The van der Waals surface area contributed by atoms with E-state index in [1.165, 1.54) is 11.8 Å². The van der Waals surface area contributed by atoms with E-state index in [2.05, 4.69) is 4.72 Å². The van der Waals surface area contributed by atoms with Gasteiger partial charge < -0.3 is 14.4 Å². The van der Waals surface area contributed by atoms with Gasteiger partial charge in [0.2, 0.25) is 0 Å². The maximum Gasteiger partial charge on any atom is 0.323 e. The average Bonchev–Trinajstić information content (AvgIpc) is 2.81. The van der Waals surface area contributed by atoms with E-state index in [9.17, 15) is 14.1 Å². The summed E-state index contributed by atoms with van der Waals surface area (Å²) in [5.74, 6) is -0.915. The number of nitrogens with one attached hydrogen (secondary N) is 1. The van der Waals surface area contributed by atoms with Crippen LogP contribution >= 0.6 is 23.4 Å². The van der Waals surface area contributed by atoms with Gasteiger partial charge in [-0.2, -0.15) is 0 Å². The lowest BCUT2D eigenvalue weighted by atomic mass is 10.2. The van der Waals surface area contributed by atoms with E-state index < -0.39 is 17.0 Å². The maximum absolute atomic E-state index is 11.7. The molecule has 0 bridgehead atoms. The summed E-state index contributed by atoms with van der Waals surface area (Å²) < 4.78 is 16.4. The number of halogens is 1. The lowest BCUT2D eigenvalue weighted by Crippen LogP contribution is -2.09. The zero-order chi connectivity index (χ0) is 18.8. The highest BCUT2D eigenvalue weighted by molar-refractivity contribution is 7.99. The number of aliphatic carboxylic acids is 1. The Labute approximate surface area is 162 Å². The Balaban J connectivity index is 2.23. The number of hydrogen-bond acceptors (Lipinski definition) is 3. The van der Waals surface area contributed by atoms with E-state index in [0.29, 0.717) is 10.7 Å². The van der Waals surface area contributed by atoms with Crippen LogP contribution in [0.5, 0.6) is 0 Å². The van der Waals surface area contributed by atoms with Crippen LogP contribution in [0.2, 0.25) is 5.02 Å². The van der Waals surface area contributed by atoms with Crippen LogP contribution in [0.1, 0.15) is 5.69 Å². The van der Waals surface area contributed by atoms with Gasteiger partial charge in [0.15, 0.2) is 0 Å². The summed E-state index contributed by atoms with van der Waals surface area (Å²) in [6, 6.07) is 13.0. The minimum atomic E-state index is -1.25. The molecule has 5 nitrogen and oxygen atoms in total. The molecule has 0 spiro atoms. The number of carboxylic acid groups (broad SMARTS) is 1. The van der Waals surface area contributed by atoms with Gasteiger partial charge in [-0.15, -0.1) is 0 Å². The van der Waals surface area contributed by atoms with Crippen molar-refractivity contribution in [1.29, 1.82) is 0 Å². The number of anilines is 1. The second-order valence-corrected chi connectivity index (χ2v) is 8.34. The first-order valence-corrected chi connectivity index (χ1v) is 10.5. The smallest absolute Gasteiger partial charge is 0.323 e. The monoisotopic (exact) mass is 408 g/mol. The predicted molar refractivity (Wildman–Crippen MR) is 108 cm³/mol. The number of fused-ring (bicyclic) bond motifs is 1. The van der Waals surface area contributed by atoms with Gasteiger partial charge in [-0.05, 0) is 37.3 Å². The molecule has 3 rings (SSSR count). The van der Waals surface area contributed by atoms with Gasteiger partial charge in [0, 0.05) is 32.1 Å². The van der Waals surface area contributed by atoms with E-state index in [0.717, 1.165) is 26.4 Å². The van der Waals surface area contributed by atoms with Gasteiger partial charge in [-0.1, -0.05) is 35.5 Å². The lowest BCUT2D eigenvalue weighted by Gasteiger charge is -2.07. The van der Waals surface area contributed by atoms with Crippen LogP contribution in [-0.2, 0) is 22.3 Å². The highest BCUT2D eigenvalue weighted by Gasteiger charge is 2.20. The van der Waals surface area contributed by atoms with Crippen molar-refractivity contribution in [3.63, 3.8) is 0 Å². The van der Waals surface area contributed by atoms with Gasteiger partial charge in [0.25, 0.3) is 0 Å². The molecule has 0 fully saturated rings. The lowest BCUT2D eigenvalue weighted by molar-refractivity contribution is -0.137. The Hall–Kier alpha value is -1.96. The first-order chi connectivity index (χ1) is 12.4. The molecule has 136 valence electrons. The van der Waals surface area contributed by atoms with Crippen molar-refractivity contribution in [3.8, 4) is 0 Å². The Kier molecular flexibility index (Phi) is 5.60. The SMILES string of the molecule is Cc1c(Sc2cccc(Cl)c2)c2c(NS(C)=O)cccc2n1CC(=O)O. The van der Waals surface area contributed by atoms with Crippen molar-refractivity contribution in [2.24, 2.45) is 0 Å². The van der Waals surface area contributed by atoms with E-state index in [1.807, 2.05) is 43.3 Å². The van der Waals surface area contributed by atoms with Crippen molar-refractivity contribution in [1.82, 2.24) is 4.57 Å². The molecule has 2 N–H and O–H groups in total. The topological polar surface area (TPSA) is 71.3 Å². The second kappa shape index (κ2) is 7.73. The van der Waals surface area contributed by atoms with E-state index in [1.54, 1.807) is 16.9 Å². The number of nitrogens with zero attached hydrogens (tertiary/aromatic N) is 1. The van der Waals surface area contributed by atoms with Gasteiger partial charge in [-0.3, -0.25) is 4.79 Å². The molecule has 1 aromatic heterocycles. The highest BCUT2D eigenvalue weighted by Crippen LogP contribution is 2.42. The summed E-state index contributed by atoms with van der Waals surface area (Å²) in [6.45, 7) is 1.75. The Morgan fingerprint density at radius 3 is 2.69 bits per heavy atom. The van der Waals surface area contributed by atoms with Gasteiger partial charge in [0.1, 0.15) is 17.5 Å². The van der Waals surface area contributed by atoms with E-state index in [4.69, 9.17) is 11.6 Å². The largest absolute Gasteiger partial charge is 0.480 e. The first kappa shape index (κ1) is 18.8. The zero-order valence-electron chi connectivity index (χ0n) is 14.2. The average molecular weight is 409 g/mol. The van der Waals surface area contributed by atoms with Crippen molar-refractivity contribution < 1.29 is 14.1 Å². The third-order valence-corrected chi connectivity index (χ3v) is 5.79. The maximum atomic E-state index is 11.7. The van der Waals surface area contributed by atoms with E-state index in [-0.39, 0.29) is 6.54 Å². The fourth-order valence-corrected chi connectivity index (χ4v) is 4.72. The number of carbonyl (C=O) groups is 1. The first-order valence-electron chi connectivity index (χ1n) is 7.74. The summed E-state index contributed by atoms with van der Waals surface area (Å²) in [4.78, 5) is 13.2. The van der Waals surface area contributed by atoms with Crippen LogP contribution in [0.25, 0.3) is 10.9 Å². The quantitative estimate of drug-likeness (QED) is 0.627. The van der Waals surface area contributed by atoms with Crippen LogP contribution in [-0.4, -0.2) is 26.1 Å². The molecule has 0 amide bonds. The molecule has 8 heteroatoms. The van der Waals surface area contributed by atoms with Crippen molar-refractivity contribution >= 4 is 56.9 Å². The Morgan fingerprint density at radius 1 is 1.31 bits per heavy atom. The molecule has 3 aromatic rings. The van der Waals surface area contributed by atoms with Crippen LogP contribution < -0.4 is 4.72 Å². The summed E-state index contributed by atoms with van der Waals surface area (Å²) in [5, 5.41) is 10.8. The fraction of sp³-hybridized carbons (Fsp3) is 0.167. The Morgan fingerprint density at radius 2 is 2.04 bits per heavy atom.